The number of benzene rings is 1. The van der Waals surface area contributed by atoms with Gasteiger partial charge in [0.05, 0.1) is 10.3 Å². The zero-order valence-electron chi connectivity index (χ0n) is 16.2. The first kappa shape index (κ1) is 19.8. The highest BCUT2D eigenvalue weighted by molar-refractivity contribution is 7.20. The van der Waals surface area contributed by atoms with E-state index in [1.165, 1.54) is 15.9 Å². The SMILES string of the molecule is CCc1nc2sc(C(=O)Nc3ccccc3C)c(C)c2c(=O)n1C(C)C(N)=O. The molecule has 0 radical (unpaired) electrons. The fourth-order valence-corrected chi connectivity index (χ4v) is 4.21. The summed E-state index contributed by atoms with van der Waals surface area (Å²) >= 11 is 1.18. The molecule has 3 rings (SSSR count). The number of carbonyl (C=O) groups is 2. The summed E-state index contributed by atoms with van der Waals surface area (Å²) in [6.45, 7) is 7.06. The molecule has 7 nitrogen and oxygen atoms in total. The summed E-state index contributed by atoms with van der Waals surface area (Å²) in [6, 6.07) is 6.66. The number of nitrogens with two attached hydrogens (primary N) is 1. The lowest BCUT2D eigenvalue weighted by atomic mass is 10.1. The maximum absolute atomic E-state index is 13.1. The Morgan fingerprint density at radius 1 is 1.29 bits per heavy atom. The van der Waals surface area contributed by atoms with Gasteiger partial charge in [-0.25, -0.2) is 4.98 Å². The number of hydrogen-bond acceptors (Lipinski definition) is 5. The van der Waals surface area contributed by atoms with Gasteiger partial charge in [0.1, 0.15) is 16.7 Å². The summed E-state index contributed by atoms with van der Waals surface area (Å²) in [7, 11) is 0. The average Bonchev–Trinajstić information content (AvgIpc) is 2.99. The molecule has 0 saturated heterocycles. The zero-order chi connectivity index (χ0) is 20.6. The van der Waals surface area contributed by atoms with Crippen molar-refractivity contribution in [1.29, 1.82) is 0 Å². The van der Waals surface area contributed by atoms with E-state index >= 15 is 0 Å². The molecule has 0 bridgehead atoms. The molecule has 2 aromatic heterocycles. The van der Waals surface area contributed by atoms with Crippen LogP contribution in [-0.4, -0.2) is 21.4 Å². The predicted molar refractivity (Wildman–Crippen MR) is 111 cm³/mol. The lowest BCUT2D eigenvalue weighted by Crippen LogP contribution is -2.34. The van der Waals surface area contributed by atoms with E-state index in [9.17, 15) is 14.4 Å². The molecule has 146 valence electrons. The van der Waals surface area contributed by atoms with E-state index in [1.807, 2.05) is 38.1 Å². The first-order valence-corrected chi connectivity index (χ1v) is 9.78. The highest BCUT2D eigenvalue weighted by Crippen LogP contribution is 2.29. The van der Waals surface area contributed by atoms with Gasteiger partial charge in [-0.15, -0.1) is 11.3 Å². The van der Waals surface area contributed by atoms with E-state index in [0.717, 1.165) is 5.56 Å². The first-order chi connectivity index (χ1) is 13.3. The van der Waals surface area contributed by atoms with Crippen LogP contribution < -0.4 is 16.6 Å². The quantitative estimate of drug-likeness (QED) is 0.689. The molecular weight excluding hydrogens is 376 g/mol. The third-order valence-electron chi connectivity index (χ3n) is 4.78. The lowest BCUT2D eigenvalue weighted by molar-refractivity contribution is -0.120. The fourth-order valence-electron chi connectivity index (χ4n) is 3.12. The Kier molecular flexibility index (Phi) is 5.33. The van der Waals surface area contributed by atoms with E-state index in [2.05, 4.69) is 10.3 Å². The van der Waals surface area contributed by atoms with Crippen molar-refractivity contribution >= 4 is 39.1 Å². The topological polar surface area (TPSA) is 107 Å². The maximum Gasteiger partial charge on any atom is 0.266 e. The van der Waals surface area contributed by atoms with Gasteiger partial charge in [-0.2, -0.15) is 0 Å². The number of fused-ring (bicyclic) bond motifs is 1. The van der Waals surface area contributed by atoms with E-state index in [1.54, 1.807) is 13.8 Å². The van der Waals surface area contributed by atoms with Crippen LogP contribution in [0.1, 0.15) is 46.5 Å². The minimum absolute atomic E-state index is 0.290. The number of nitrogens with zero attached hydrogens (tertiary/aromatic N) is 2. The summed E-state index contributed by atoms with van der Waals surface area (Å²) in [5.74, 6) is -0.430. The molecule has 0 aliphatic rings. The molecule has 28 heavy (non-hydrogen) atoms. The van der Waals surface area contributed by atoms with Crippen LogP contribution >= 0.6 is 11.3 Å². The van der Waals surface area contributed by atoms with Gasteiger partial charge in [-0.1, -0.05) is 25.1 Å². The van der Waals surface area contributed by atoms with E-state index in [4.69, 9.17) is 5.73 Å². The van der Waals surface area contributed by atoms with E-state index in [-0.39, 0.29) is 11.5 Å². The average molecular weight is 398 g/mol. The normalized spacial score (nSPS) is 12.1. The number of hydrogen-bond donors (Lipinski definition) is 2. The number of anilines is 1. The Hall–Kier alpha value is -3.00. The second-order valence-electron chi connectivity index (χ2n) is 6.64. The Morgan fingerprint density at radius 3 is 2.57 bits per heavy atom. The van der Waals surface area contributed by atoms with Gasteiger partial charge in [-0.05, 0) is 38.0 Å². The Bertz CT molecular complexity index is 1150. The number of para-hydroxylation sites is 1. The number of thiophene rings is 1. The van der Waals surface area contributed by atoms with E-state index < -0.39 is 11.9 Å². The number of aromatic nitrogens is 2. The second-order valence-corrected chi connectivity index (χ2v) is 7.64. The number of aryl methyl sites for hydroxylation is 3. The van der Waals surface area contributed by atoms with Gasteiger partial charge in [0.15, 0.2) is 0 Å². The van der Waals surface area contributed by atoms with Gasteiger partial charge in [0.25, 0.3) is 11.5 Å². The minimum atomic E-state index is -0.817. The van der Waals surface area contributed by atoms with Crippen molar-refractivity contribution < 1.29 is 9.59 Å². The van der Waals surface area contributed by atoms with Crippen molar-refractivity contribution in [3.63, 3.8) is 0 Å². The largest absolute Gasteiger partial charge is 0.368 e. The molecule has 0 aliphatic carbocycles. The molecule has 1 aromatic carbocycles. The number of carbonyl (C=O) groups excluding carboxylic acids is 2. The molecule has 0 saturated carbocycles. The van der Waals surface area contributed by atoms with Crippen LogP contribution in [0, 0.1) is 13.8 Å². The monoisotopic (exact) mass is 398 g/mol. The highest BCUT2D eigenvalue weighted by Gasteiger charge is 2.24. The fraction of sp³-hybridized carbons (Fsp3) is 0.300. The Balaban J connectivity index is 2.14. The summed E-state index contributed by atoms with van der Waals surface area (Å²) < 4.78 is 1.33. The van der Waals surface area contributed by atoms with Gasteiger partial charge in [-0.3, -0.25) is 19.0 Å². The summed E-state index contributed by atoms with van der Waals surface area (Å²) in [4.78, 5) is 43.1. The van der Waals surface area contributed by atoms with Crippen molar-refractivity contribution in [1.82, 2.24) is 9.55 Å². The zero-order valence-corrected chi connectivity index (χ0v) is 17.0. The minimum Gasteiger partial charge on any atom is -0.368 e. The van der Waals surface area contributed by atoms with Crippen LogP contribution in [0.25, 0.3) is 10.2 Å². The van der Waals surface area contributed by atoms with Crippen LogP contribution in [0.2, 0.25) is 0 Å². The number of nitrogens with one attached hydrogen (secondary N) is 1. The van der Waals surface area contributed by atoms with Crippen molar-refractivity contribution in [3.8, 4) is 0 Å². The molecule has 0 fully saturated rings. The molecule has 3 N–H and O–H groups in total. The Labute approximate surface area is 166 Å². The number of rotatable bonds is 5. The van der Waals surface area contributed by atoms with Gasteiger partial charge in [0, 0.05) is 12.1 Å². The third-order valence-corrected chi connectivity index (χ3v) is 5.97. The third kappa shape index (κ3) is 3.31. The number of primary amides is 1. The van der Waals surface area contributed by atoms with Crippen LogP contribution in [0.4, 0.5) is 5.69 Å². The highest BCUT2D eigenvalue weighted by atomic mass is 32.1. The standard InChI is InChI=1S/C20H22N4O3S/c1-5-14-23-19-15(20(27)24(14)12(4)17(21)25)11(3)16(28-19)18(26)22-13-9-7-6-8-10(13)2/h6-9,12H,5H2,1-4H3,(H2,21,25)(H,22,26). The maximum atomic E-state index is 13.1. The second kappa shape index (κ2) is 7.55. The van der Waals surface area contributed by atoms with Crippen LogP contribution in [-0.2, 0) is 11.2 Å². The summed E-state index contributed by atoms with van der Waals surface area (Å²) in [5.41, 5.74) is 7.27. The molecule has 0 aliphatic heterocycles. The van der Waals surface area contributed by atoms with Gasteiger partial charge in [0.2, 0.25) is 5.91 Å². The predicted octanol–water partition coefficient (Wildman–Crippen LogP) is 2.94. The molecule has 2 heterocycles. The molecule has 1 atom stereocenters. The first-order valence-electron chi connectivity index (χ1n) is 8.97. The van der Waals surface area contributed by atoms with Gasteiger partial charge < -0.3 is 11.1 Å². The summed E-state index contributed by atoms with van der Waals surface area (Å²) in [6.07, 6.45) is 0.463. The molecule has 0 spiro atoms. The van der Waals surface area contributed by atoms with Crippen molar-refractivity contribution in [2.24, 2.45) is 5.73 Å². The van der Waals surface area contributed by atoms with Crippen LogP contribution in [0.3, 0.4) is 0 Å². The molecule has 8 heteroatoms. The van der Waals surface area contributed by atoms with Crippen molar-refractivity contribution in [2.75, 3.05) is 5.32 Å². The molecule has 1 unspecified atom stereocenters. The van der Waals surface area contributed by atoms with E-state index in [0.29, 0.717) is 38.6 Å². The molecule has 3 aromatic rings. The van der Waals surface area contributed by atoms with Gasteiger partial charge >= 0.3 is 0 Å². The lowest BCUT2D eigenvalue weighted by Gasteiger charge is -2.15. The van der Waals surface area contributed by atoms with Crippen molar-refractivity contribution in [3.05, 3.63) is 56.4 Å². The smallest absolute Gasteiger partial charge is 0.266 e. The summed E-state index contributed by atoms with van der Waals surface area (Å²) in [5, 5.41) is 3.24. The molecule has 2 amide bonds. The number of amides is 2. The van der Waals surface area contributed by atoms with Crippen molar-refractivity contribution in [2.45, 2.75) is 40.2 Å². The van der Waals surface area contributed by atoms with Crippen LogP contribution in [0.15, 0.2) is 29.1 Å². The Morgan fingerprint density at radius 2 is 1.96 bits per heavy atom. The van der Waals surface area contributed by atoms with Crippen LogP contribution in [0.5, 0.6) is 0 Å². The molecular formula is C20H22N4O3S.